The second kappa shape index (κ2) is 7.82. The Labute approximate surface area is 137 Å². The van der Waals surface area contributed by atoms with Gasteiger partial charge < -0.3 is 9.47 Å². The van der Waals surface area contributed by atoms with Crippen LogP contribution in [0.5, 0.6) is 5.75 Å². The van der Waals surface area contributed by atoms with Crippen LogP contribution in [0.25, 0.3) is 11.1 Å². The smallest absolute Gasteiger partial charge is 0.344 e. The molecule has 0 unspecified atom stereocenters. The molecule has 3 rings (SSSR count). The SMILES string of the molecule is O=C(COc1ccc(-c2ccccc2)cc1)OC1CCCCC1. The van der Waals surface area contributed by atoms with Crippen LogP contribution in [0.3, 0.4) is 0 Å². The van der Waals surface area contributed by atoms with Crippen molar-refractivity contribution in [2.75, 3.05) is 6.61 Å². The van der Waals surface area contributed by atoms with Crippen LogP contribution in [0, 0.1) is 0 Å². The molecule has 0 aromatic heterocycles. The largest absolute Gasteiger partial charge is 0.482 e. The molecule has 0 amide bonds. The van der Waals surface area contributed by atoms with E-state index in [4.69, 9.17) is 9.47 Å². The standard InChI is InChI=1S/C20H22O3/c21-20(23-19-9-5-2-6-10-19)15-22-18-13-11-17(12-14-18)16-7-3-1-4-8-16/h1,3-4,7-8,11-14,19H,2,5-6,9-10,15H2. The van der Waals surface area contributed by atoms with Gasteiger partial charge >= 0.3 is 5.97 Å². The Bertz CT molecular complexity index is 613. The van der Waals surface area contributed by atoms with Gasteiger partial charge in [0.05, 0.1) is 0 Å². The van der Waals surface area contributed by atoms with Crippen LogP contribution in [0.1, 0.15) is 32.1 Å². The lowest BCUT2D eigenvalue weighted by atomic mass is 9.98. The van der Waals surface area contributed by atoms with E-state index in [1.54, 1.807) is 0 Å². The molecule has 1 saturated carbocycles. The average Bonchev–Trinajstić information content (AvgIpc) is 2.62. The molecule has 0 saturated heterocycles. The van der Waals surface area contributed by atoms with E-state index in [0.29, 0.717) is 5.75 Å². The second-order valence-corrected chi connectivity index (χ2v) is 5.93. The lowest BCUT2D eigenvalue weighted by Crippen LogP contribution is -2.24. The number of esters is 1. The third-order valence-electron chi connectivity index (χ3n) is 4.17. The van der Waals surface area contributed by atoms with Crippen LogP contribution >= 0.6 is 0 Å². The number of hydrogen-bond acceptors (Lipinski definition) is 3. The van der Waals surface area contributed by atoms with Gasteiger partial charge in [0.25, 0.3) is 0 Å². The molecule has 0 heterocycles. The predicted molar refractivity (Wildman–Crippen MR) is 90.3 cm³/mol. The molecule has 1 aliphatic carbocycles. The molecule has 0 bridgehead atoms. The minimum absolute atomic E-state index is 0.0266. The summed E-state index contributed by atoms with van der Waals surface area (Å²) in [6.45, 7) is -0.0266. The highest BCUT2D eigenvalue weighted by Gasteiger charge is 2.17. The molecule has 0 atom stereocenters. The number of rotatable bonds is 5. The van der Waals surface area contributed by atoms with Crippen molar-refractivity contribution in [3.8, 4) is 16.9 Å². The van der Waals surface area contributed by atoms with Gasteiger partial charge in [0.2, 0.25) is 0 Å². The van der Waals surface area contributed by atoms with Gasteiger partial charge in [-0.1, -0.05) is 48.9 Å². The molecule has 3 heteroatoms. The molecule has 0 spiro atoms. The predicted octanol–water partition coefficient (Wildman–Crippen LogP) is 4.61. The highest BCUT2D eigenvalue weighted by atomic mass is 16.6. The first kappa shape index (κ1) is 15.6. The maximum atomic E-state index is 11.8. The summed E-state index contributed by atoms with van der Waals surface area (Å²) in [5.74, 6) is 0.411. The van der Waals surface area contributed by atoms with Gasteiger partial charge in [-0.05, 0) is 48.9 Å². The van der Waals surface area contributed by atoms with Crippen molar-refractivity contribution < 1.29 is 14.3 Å². The quantitative estimate of drug-likeness (QED) is 0.757. The van der Waals surface area contributed by atoms with Crippen molar-refractivity contribution in [3.05, 3.63) is 54.6 Å². The minimum Gasteiger partial charge on any atom is -0.482 e. The zero-order valence-electron chi connectivity index (χ0n) is 13.2. The Balaban J connectivity index is 1.49. The zero-order valence-corrected chi connectivity index (χ0v) is 13.2. The fourth-order valence-corrected chi connectivity index (χ4v) is 2.92. The van der Waals surface area contributed by atoms with Crippen molar-refractivity contribution in [1.29, 1.82) is 0 Å². The van der Waals surface area contributed by atoms with Gasteiger partial charge in [-0.25, -0.2) is 4.79 Å². The zero-order chi connectivity index (χ0) is 15.9. The normalized spacial score (nSPS) is 15.1. The van der Waals surface area contributed by atoms with Crippen LogP contribution in [0.15, 0.2) is 54.6 Å². The van der Waals surface area contributed by atoms with Crippen LogP contribution < -0.4 is 4.74 Å². The van der Waals surface area contributed by atoms with Gasteiger partial charge in [-0.2, -0.15) is 0 Å². The summed E-state index contributed by atoms with van der Waals surface area (Å²) in [6, 6.07) is 17.9. The van der Waals surface area contributed by atoms with Crippen molar-refractivity contribution in [1.82, 2.24) is 0 Å². The molecular formula is C20H22O3. The van der Waals surface area contributed by atoms with Gasteiger partial charge in [0.1, 0.15) is 11.9 Å². The average molecular weight is 310 g/mol. The number of benzene rings is 2. The minimum atomic E-state index is -0.274. The molecule has 1 fully saturated rings. The Hall–Kier alpha value is -2.29. The summed E-state index contributed by atoms with van der Waals surface area (Å²) in [7, 11) is 0. The molecule has 2 aromatic rings. The fourth-order valence-electron chi connectivity index (χ4n) is 2.92. The van der Waals surface area contributed by atoms with E-state index in [1.165, 1.54) is 6.42 Å². The summed E-state index contributed by atoms with van der Waals surface area (Å²) >= 11 is 0. The van der Waals surface area contributed by atoms with E-state index in [0.717, 1.165) is 36.8 Å². The van der Waals surface area contributed by atoms with Crippen LogP contribution in [-0.2, 0) is 9.53 Å². The Kier molecular flexibility index (Phi) is 5.30. The maximum Gasteiger partial charge on any atom is 0.344 e. The van der Waals surface area contributed by atoms with Gasteiger partial charge in [0.15, 0.2) is 6.61 Å². The highest BCUT2D eigenvalue weighted by molar-refractivity contribution is 5.71. The molecule has 3 nitrogen and oxygen atoms in total. The van der Waals surface area contributed by atoms with Crippen LogP contribution in [0.4, 0.5) is 0 Å². The molecule has 0 radical (unpaired) electrons. The summed E-state index contributed by atoms with van der Waals surface area (Å²) in [5, 5.41) is 0. The summed E-state index contributed by atoms with van der Waals surface area (Å²) in [6.07, 6.45) is 5.60. The van der Waals surface area contributed by atoms with E-state index < -0.39 is 0 Å². The van der Waals surface area contributed by atoms with E-state index in [9.17, 15) is 4.79 Å². The Morgan fingerprint density at radius 3 is 2.22 bits per heavy atom. The van der Waals surface area contributed by atoms with Crippen molar-refractivity contribution in [3.63, 3.8) is 0 Å². The van der Waals surface area contributed by atoms with Crippen molar-refractivity contribution in [2.24, 2.45) is 0 Å². The molecule has 2 aromatic carbocycles. The first-order valence-electron chi connectivity index (χ1n) is 8.29. The monoisotopic (exact) mass is 310 g/mol. The number of carbonyl (C=O) groups is 1. The molecule has 1 aliphatic rings. The van der Waals surface area contributed by atoms with Gasteiger partial charge in [0, 0.05) is 0 Å². The highest BCUT2D eigenvalue weighted by Crippen LogP contribution is 2.23. The first-order valence-corrected chi connectivity index (χ1v) is 8.29. The summed E-state index contributed by atoms with van der Waals surface area (Å²) in [5.41, 5.74) is 2.29. The van der Waals surface area contributed by atoms with Crippen molar-refractivity contribution >= 4 is 5.97 Å². The molecule has 0 aliphatic heterocycles. The number of hydrogen-bond donors (Lipinski definition) is 0. The second-order valence-electron chi connectivity index (χ2n) is 5.93. The summed E-state index contributed by atoms with van der Waals surface area (Å²) in [4.78, 5) is 11.8. The Morgan fingerprint density at radius 2 is 1.52 bits per heavy atom. The van der Waals surface area contributed by atoms with Gasteiger partial charge in [-0.3, -0.25) is 0 Å². The third-order valence-corrected chi connectivity index (χ3v) is 4.17. The first-order chi connectivity index (χ1) is 11.3. The van der Waals surface area contributed by atoms with E-state index in [1.807, 2.05) is 42.5 Å². The van der Waals surface area contributed by atoms with Crippen molar-refractivity contribution in [2.45, 2.75) is 38.2 Å². The summed E-state index contributed by atoms with van der Waals surface area (Å²) < 4.78 is 11.0. The topological polar surface area (TPSA) is 35.5 Å². The fraction of sp³-hybridized carbons (Fsp3) is 0.350. The molecular weight excluding hydrogens is 288 g/mol. The van der Waals surface area contributed by atoms with Crippen LogP contribution in [-0.4, -0.2) is 18.7 Å². The van der Waals surface area contributed by atoms with E-state index in [-0.39, 0.29) is 18.7 Å². The number of carbonyl (C=O) groups excluding carboxylic acids is 1. The van der Waals surface area contributed by atoms with E-state index >= 15 is 0 Å². The van der Waals surface area contributed by atoms with E-state index in [2.05, 4.69) is 12.1 Å². The lowest BCUT2D eigenvalue weighted by Gasteiger charge is -2.21. The maximum absolute atomic E-state index is 11.8. The lowest BCUT2D eigenvalue weighted by molar-refractivity contribution is -0.152. The van der Waals surface area contributed by atoms with Crippen LogP contribution in [0.2, 0.25) is 0 Å². The number of ether oxygens (including phenoxy) is 2. The van der Waals surface area contributed by atoms with Gasteiger partial charge in [-0.15, -0.1) is 0 Å². The Morgan fingerprint density at radius 1 is 0.870 bits per heavy atom. The molecule has 23 heavy (non-hydrogen) atoms. The molecule has 120 valence electrons. The molecule has 0 N–H and O–H groups in total. The third kappa shape index (κ3) is 4.59.